The number of amides is 2. The van der Waals surface area contributed by atoms with Gasteiger partial charge in [0.25, 0.3) is 11.8 Å². The first kappa shape index (κ1) is 20.6. The highest BCUT2D eigenvalue weighted by Crippen LogP contribution is 2.26. The van der Waals surface area contributed by atoms with Crippen molar-refractivity contribution < 1.29 is 14.3 Å². The summed E-state index contributed by atoms with van der Waals surface area (Å²) in [5.74, 6) is 0.185. The summed E-state index contributed by atoms with van der Waals surface area (Å²) in [6.45, 7) is 3.93. The molecule has 3 aromatic rings. The molecule has 0 aromatic heterocycles. The van der Waals surface area contributed by atoms with Gasteiger partial charge in [0.2, 0.25) is 0 Å². The van der Waals surface area contributed by atoms with Gasteiger partial charge in [0.15, 0.2) is 6.61 Å². The normalized spacial score (nSPS) is 10.3. The molecule has 0 aliphatic carbocycles. The molecule has 3 rings (SSSR count). The van der Waals surface area contributed by atoms with Gasteiger partial charge in [0.1, 0.15) is 5.75 Å². The van der Waals surface area contributed by atoms with Crippen LogP contribution >= 0.6 is 15.9 Å². The Bertz CT molecular complexity index is 1040. The highest BCUT2D eigenvalue weighted by atomic mass is 79.9. The Hall–Kier alpha value is -3.12. The number of ether oxygens (including phenoxy) is 1. The van der Waals surface area contributed by atoms with Crippen molar-refractivity contribution in [3.05, 3.63) is 87.9 Å². The molecule has 6 heteroatoms. The highest BCUT2D eigenvalue weighted by Gasteiger charge is 2.10. The number of hydrogen-bond acceptors (Lipinski definition) is 3. The zero-order chi connectivity index (χ0) is 20.8. The number of carbonyl (C=O) groups is 2. The topological polar surface area (TPSA) is 67.4 Å². The van der Waals surface area contributed by atoms with E-state index in [0.717, 1.165) is 5.56 Å². The van der Waals surface area contributed by atoms with E-state index < -0.39 is 0 Å². The van der Waals surface area contributed by atoms with E-state index in [4.69, 9.17) is 4.74 Å². The lowest BCUT2D eigenvalue weighted by atomic mass is 10.1. The van der Waals surface area contributed by atoms with Crippen LogP contribution in [0.1, 0.15) is 21.5 Å². The molecule has 0 atom stereocenters. The predicted octanol–water partition coefficient (Wildman–Crippen LogP) is 5.34. The predicted molar refractivity (Wildman–Crippen MR) is 119 cm³/mol. The molecule has 0 bridgehead atoms. The van der Waals surface area contributed by atoms with Crippen LogP contribution in [0.15, 0.2) is 71.2 Å². The Labute approximate surface area is 178 Å². The third-order valence-electron chi connectivity index (χ3n) is 4.39. The summed E-state index contributed by atoms with van der Waals surface area (Å²) < 4.78 is 6.21. The van der Waals surface area contributed by atoms with Crippen molar-refractivity contribution in [2.24, 2.45) is 0 Å². The molecule has 0 radical (unpaired) electrons. The minimum Gasteiger partial charge on any atom is -0.484 e. The van der Waals surface area contributed by atoms with Crippen molar-refractivity contribution >= 4 is 39.1 Å². The summed E-state index contributed by atoms with van der Waals surface area (Å²) in [7, 11) is 0. The summed E-state index contributed by atoms with van der Waals surface area (Å²) in [4.78, 5) is 24.5. The molecule has 0 aliphatic heterocycles. The average Bonchev–Trinajstić information content (AvgIpc) is 2.71. The lowest BCUT2D eigenvalue weighted by Gasteiger charge is -2.11. The van der Waals surface area contributed by atoms with E-state index in [1.807, 2.05) is 50.2 Å². The van der Waals surface area contributed by atoms with Gasteiger partial charge in [-0.05, 0) is 83.4 Å². The van der Waals surface area contributed by atoms with Crippen LogP contribution in [0, 0.1) is 13.8 Å². The van der Waals surface area contributed by atoms with Gasteiger partial charge in [-0.3, -0.25) is 9.59 Å². The number of rotatable bonds is 6. The van der Waals surface area contributed by atoms with E-state index in [1.54, 1.807) is 30.3 Å². The largest absolute Gasteiger partial charge is 0.484 e. The molecule has 2 N–H and O–H groups in total. The first-order valence-electron chi connectivity index (χ1n) is 9.08. The first-order valence-corrected chi connectivity index (χ1v) is 9.87. The van der Waals surface area contributed by atoms with Crippen LogP contribution in [-0.2, 0) is 4.79 Å². The second-order valence-corrected chi connectivity index (χ2v) is 7.45. The maximum absolute atomic E-state index is 12.3. The van der Waals surface area contributed by atoms with Crippen LogP contribution < -0.4 is 15.4 Å². The number of halogens is 1. The average molecular weight is 453 g/mol. The number of hydrogen-bond donors (Lipinski definition) is 2. The minimum atomic E-state index is -0.267. The zero-order valence-electron chi connectivity index (χ0n) is 16.2. The van der Waals surface area contributed by atoms with Gasteiger partial charge < -0.3 is 15.4 Å². The van der Waals surface area contributed by atoms with Gasteiger partial charge in [0, 0.05) is 15.7 Å². The number of nitrogens with one attached hydrogen (secondary N) is 2. The van der Waals surface area contributed by atoms with Crippen LogP contribution in [-0.4, -0.2) is 18.4 Å². The summed E-state index contributed by atoms with van der Waals surface area (Å²) in [5, 5.41) is 5.62. The lowest BCUT2D eigenvalue weighted by Crippen LogP contribution is -2.20. The van der Waals surface area contributed by atoms with E-state index in [-0.39, 0.29) is 18.4 Å². The minimum absolute atomic E-state index is 0.0907. The molecule has 2 amide bonds. The van der Waals surface area contributed by atoms with Crippen molar-refractivity contribution in [2.45, 2.75) is 13.8 Å². The van der Waals surface area contributed by atoms with Crippen LogP contribution in [0.4, 0.5) is 11.4 Å². The SMILES string of the molecule is Cc1ccc(OCC(=O)Nc2ccc(NC(=O)c3ccccc3)c(Br)c2)cc1C. The van der Waals surface area contributed by atoms with Crippen molar-refractivity contribution in [3.63, 3.8) is 0 Å². The molecule has 0 unspecified atom stereocenters. The maximum Gasteiger partial charge on any atom is 0.262 e. The van der Waals surface area contributed by atoms with Gasteiger partial charge in [-0.2, -0.15) is 0 Å². The quantitative estimate of drug-likeness (QED) is 0.530. The molecule has 0 spiro atoms. The summed E-state index contributed by atoms with van der Waals surface area (Å²) in [5.41, 5.74) is 4.07. The molecule has 0 fully saturated rings. The standard InChI is InChI=1S/C23H21BrN2O3/c1-15-8-10-19(12-16(15)2)29-14-22(27)25-18-9-11-21(20(24)13-18)26-23(28)17-6-4-3-5-7-17/h3-13H,14H2,1-2H3,(H,25,27)(H,26,28). The monoisotopic (exact) mass is 452 g/mol. The summed E-state index contributed by atoms with van der Waals surface area (Å²) in [6.07, 6.45) is 0. The third-order valence-corrected chi connectivity index (χ3v) is 5.04. The third kappa shape index (κ3) is 5.68. The van der Waals surface area contributed by atoms with Crippen LogP contribution in [0.3, 0.4) is 0 Å². The van der Waals surface area contributed by atoms with Gasteiger partial charge in [-0.1, -0.05) is 24.3 Å². The van der Waals surface area contributed by atoms with Gasteiger partial charge in [-0.15, -0.1) is 0 Å². The number of carbonyl (C=O) groups excluding carboxylic acids is 2. The van der Waals surface area contributed by atoms with Crippen LogP contribution in [0.25, 0.3) is 0 Å². The van der Waals surface area contributed by atoms with Gasteiger partial charge >= 0.3 is 0 Å². The molecule has 29 heavy (non-hydrogen) atoms. The maximum atomic E-state index is 12.3. The van der Waals surface area contributed by atoms with Crippen LogP contribution in [0.2, 0.25) is 0 Å². The number of anilines is 2. The molecule has 0 aliphatic rings. The van der Waals surface area contributed by atoms with Crippen molar-refractivity contribution in [2.75, 3.05) is 17.2 Å². The second-order valence-electron chi connectivity index (χ2n) is 6.60. The van der Waals surface area contributed by atoms with Gasteiger partial charge in [0.05, 0.1) is 5.69 Å². The Kier molecular flexibility index (Phi) is 6.67. The van der Waals surface area contributed by atoms with Gasteiger partial charge in [-0.25, -0.2) is 0 Å². The molecule has 0 saturated heterocycles. The summed E-state index contributed by atoms with van der Waals surface area (Å²) in [6, 6.07) is 19.8. The molecule has 0 heterocycles. The molecular formula is C23H21BrN2O3. The van der Waals surface area contributed by atoms with E-state index >= 15 is 0 Å². The molecule has 0 saturated carbocycles. The first-order chi connectivity index (χ1) is 13.9. The highest BCUT2D eigenvalue weighted by molar-refractivity contribution is 9.10. The fourth-order valence-corrected chi connectivity index (χ4v) is 3.11. The van der Waals surface area contributed by atoms with E-state index in [1.165, 1.54) is 5.56 Å². The number of aryl methyl sites for hydroxylation is 2. The Morgan fingerprint density at radius 3 is 2.34 bits per heavy atom. The second kappa shape index (κ2) is 9.39. The Morgan fingerprint density at radius 1 is 0.897 bits per heavy atom. The molecular weight excluding hydrogens is 432 g/mol. The van der Waals surface area contributed by atoms with Crippen LogP contribution in [0.5, 0.6) is 5.75 Å². The number of benzene rings is 3. The fraction of sp³-hybridized carbons (Fsp3) is 0.130. The van der Waals surface area contributed by atoms with Crippen molar-refractivity contribution in [1.29, 1.82) is 0 Å². The summed E-state index contributed by atoms with van der Waals surface area (Å²) >= 11 is 3.43. The van der Waals surface area contributed by atoms with E-state index in [0.29, 0.717) is 27.2 Å². The Morgan fingerprint density at radius 2 is 1.66 bits per heavy atom. The van der Waals surface area contributed by atoms with Crippen molar-refractivity contribution in [3.8, 4) is 5.75 Å². The molecule has 5 nitrogen and oxygen atoms in total. The smallest absolute Gasteiger partial charge is 0.262 e. The van der Waals surface area contributed by atoms with E-state index in [9.17, 15) is 9.59 Å². The zero-order valence-corrected chi connectivity index (χ0v) is 17.7. The molecule has 148 valence electrons. The molecule has 3 aromatic carbocycles. The van der Waals surface area contributed by atoms with E-state index in [2.05, 4.69) is 26.6 Å². The lowest BCUT2D eigenvalue weighted by molar-refractivity contribution is -0.118. The fourth-order valence-electron chi connectivity index (χ4n) is 2.63. The van der Waals surface area contributed by atoms with Crippen molar-refractivity contribution in [1.82, 2.24) is 0 Å². The Balaban J connectivity index is 1.57.